The van der Waals surface area contributed by atoms with Crippen LogP contribution in [0.15, 0.2) is 24.5 Å². The van der Waals surface area contributed by atoms with Crippen LogP contribution in [0.2, 0.25) is 5.02 Å². The standard InChI is InChI=1S/C16H13ClF6N4O/c17-9-1-2-11(10(5-9)15(18,19)20)25-13(28)7-26-3-4-27-8-24-14(12(27)6-26)16(21,22)23/h1-2,5,8H,3-4,6-7H2,(H,25,28). The first-order chi connectivity index (χ1) is 12.9. The molecule has 0 aliphatic carbocycles. The van der Waals surface area contributed by atoms with E-state index in [1.807, 2.05) is 0 Å². The molecule has 0 saturated carbocycles. The molecule has 2 aromatic rings. The number of benzene rings is 1. The van der Waals surface area contributed by atoms with Crippen molar-refractivity contribution in [1.82, 2.24) is 14.5 Å². The summed E-state index contributed by atoms with van der Waals surface area (Å²) < 4.78 is 79.6. The van der Waals surface area contributed by atoms with Gasteiger partial charge in [0, 0.05) is 24.7 Å². The third-order valence-electron chi connectivity index (χ3n) is 4.17. The highest BCUT2D eigenvalue weighted by atomic mass is 35.5. The van der Waals surface area contributed by atoms with Gasteiger partial charge in [-0.25, -0.2) is 4.98 Å². The molecule has 1 N–H and O–H groups in total. The van der Waals surface area contributed by atoms with Crippen LogP contribution in [0.5, 0.6) is 0 Å². The van der Waals surface area contributed by atoms with Gasteiger partial charge >= 0.3 is 12.4 Å². The van der Waals surface area contributed by atoms with Gasteiger partial charge in [0.25, 0.3) is 0 Å². The average Bonchev–Trinajstić information content (AvgIpc) is 2.99. The number of hydrogen-bond acceptors (Lipinski definition) is 3. The molecular weight excluding hydrogens is 414 g/mol. The lowest BCUT2D eigenvalue weighted by Crippen LogP contribution is -2.39. The number of halogens is 7. The van der Waals surface area contributed by atoms with Crippen LogP contribution >= 0.6 is 11.6 Å². The second kappa shape index (κ2) is 7.28. The molecule has 1 aliphatic rings. The zero-order valence-corrected chi connectivity index (χ0v) is 14.8. The van der Waals surface area contributed by atoms with E-state index in [9.17, 15) is 31.1 Å². The van der Waals surface area contributed by atoms with Crippen molar-refractivity contribution in [2.45, 2.75) is 25.4 Å². The highest BCUT2D eigenvalue weighted by molar-refractivity contribution is 6.30. The number of imidazole rings is 1. The molecule has 28 heavy (non-hydrogen) atoms. The summed E-state index contributed by atoms with van der Waals surface area (Å²) in [6, 6.07) is 2.91. The molecule has 3 rings (SSSR count). The number of carbonyl (C=O) groups excluding carboxylic acids is 1. The Morgan fingerprint density at radius 1 is 1.14 bits per heavy atom. The molecule has 5 nitrogen and oxygen atoms in total. The fourth-order valence-electron chi connectivity index (χ4n) is 2.93. The number of nitrogens with one attached hydrogen (secondary N) is 1. The van der Waals surface area contributed by atoms with Gasteiger partial charge in [-0.15, -0.1) is 0 Å². The van der Waals surface area contributed by atoms with E-state index in [1.54, 1.807) is 0 Å². The van der Waals surface area contributed by atoms with Crippen molar-refractivity contribution in [3.8, 4) is 0 Å². The van der Waals surface area contributed by atoms with Gasteiger partial charge in [0.2, 0.25) is 5.91 Å². The highest BCUT2D eigenvalue weighted by Gasteiger charge is 2.39. The molecule has 0 bridgehead atoms. The predicted octanol–water partition coefficient (Wildman–Crippen LogP) is 4.03. The average molecular weight is 427 g/mol. The summed E-state index contributed by atoms with van der Waals surface area (Å²) in [4.78, 5) is 17.0. The first-order valence-corrected chi connectivity index (χ1v) is 8.33. The fourth-order valence-corrected chi connectivity index (χ4v) is 3.10. The van der Waals surface area contributed by atoms with E-state index in [-0.39, 0.29) is 36.9 Å². The number of rotatable bonds is 3. The van der Waals surface area contributed by atoms with E-state index in [0.29, 0.717) is 6.07 Å². The van der Waals surface area contributed by atoms with E-state index in [4.69, 9.17) is 11.6 Å². The maximum absolute atomic E-state index is 13.1. The molecule has 0 spiro atoms. The van der Waals surface area contributed by atoms with Crippen molar-refractivity contribution < 1.29 is 31.1 Å². The van der Waals surface area contributed by atoms with Gasteiger partial charge < -0.3 is 9.88 Å². The molecule has 12 heteroatoms. The monoisotopic (exact) mass is 426 g/mol. The van der Waals surface area contributed by atoms with Gasteiger partial charge in [-0.3, -0.25) is 9.69 Å². The number of anilines is 1. The lowest BCUT2D eigenvalue weighted by Gasteiger charge is -2.28. The van der Waals surface area contributed by atoms with E-state index in [0.717, 1.165) is 12.4 Å². The Hall–Kier alpha value is -2.27. The molecule has 1 aromatic heterocycles. The summed E-state index contributed by atoms with van der Waals surface area (Å²) in [6.45, 7) is -0.140. The number of aromatic nitrogens is 2. The van der Waals surface area contributed by atoms with Crippen LogP contribution in [0.4, 0.5) is 32.0 Å². The summed E-state index contributed by atoms with van der Waals surface area (Å²) in [6.07, 6.45) is -8.28. The van der Waals surface area contributed by atoms with Crippen LogP contribution in [0.3, 0.4) is 0 Å². The molecule has 1 amide bonds. The van der Waals surface area contributed by atoms with Crippen molar-refractivity contribution in [3.63, 3.8) is 0 Å². The SMILES string of the molecule is O=C(CN1CCn2cnc(C(F)(F)F)c2C1)Nc1ccc(Cl)cc1C(F)(F)F. The zero-order chi connectivity index (χ0) is 20.7. The Morgan fingerprint density at radius 3 is 2.50 bits per heavy atom. The summed E-state index contributed by atoms with van der Waals surface area (Å²) in [5, 5.41) is 2.01. The molecule has 1 aromatic carbocycles. The minimum Gasteiger partial charge on any atom is -0.332 e. The van der Waals surface area contributed by atoms with E-state index in [1.165, 1.54) is 15.5 Å². The Morgan fingerprint density at radius 2 is 1.86 bits per heavy atom. The van der Waals surface area contributed by atoms with Crippen LogP contribution in [-0.2, 0) is 30.2 Å². The van der Waals surface area contributed by atoms with Gasteiger partial charge in [0.15, 0.2) is 5.69 Å². The minimum absolute atomic E-state index is 0.0889. The number of hydrogen-bond donors (Lipinski definition) is 1. The molecule has 0 radical (unpaired) electrons. The Balaban J connectivity index is 1.71. The molecule has 2 heterocycles. The van der Waals surface area contributed by atoms with E-state index >= 15 is 0 Å². The van der Waals surface area contributed by atoms with Crippen molar-refractivity contribution in [1.29, 1.82) is 0 Å². The molecule has 0 atom stereocenters. The van der Waals surface area contributed by atoms with Gasteiger partial charge in [0.05, 0.1) is 29.8 Å². The number of carbonyl (C=O) groups is 1. The van der Waals surface area contributed by atoms with Crippen molar-refractivity contribution >= 4 is 23.2 Å². The lowest BCUT2D eigenvalue weighted by atomic mass is 10.1. The Kier molecular flexibility index (Phi) is 5.32. The number of amides is 1. The largest absolute Gasteiger partial charge is 0.435 e. The third kappa shape index (κ3) is 4.41. The maximum Gasteiger partial charge on any atom is 0.435 e. The van der Waals surface area contributed by atoms with E-state index < -0.39 is 35.2 Å². The summed E-state index contributed by atoms with van der Waals surface area (Å²) >= 11 is 5.58. The summed E-state index contributed by atoms with van der Waals surface area (Å²) in [5.41, 5.74) is -2.70. The Bertz CT molecular complexity index is 892. The molecule has 0 saturated heterocycles. The number of alkyl halides is 6. The summed E-state index contributed by atoms with van der Waals surface area (Å²) in [5.74, 6) is -0.783. The fraction of sp³-hybridized carbons (Fsp3) is 0.375. The van der Waals surface area contributed by atoms with Gasteiger partial charge in [-0.1, -0.05) is 11.6 Å². The van der Waals surface area contributed by atoms with Crippen LogP contribution in [-0.4, -0.2) is 33.4 Å². The predicted molar refractivity (Wildman–Crippen MR) is 87.6 cm³/mol. The third-order valence-corrected chi connectivity index (χ3v) is 4.41. The first-order valence-electron chi connectivity index (χ1n) is 7.95. The minimum atomic E-state index is -4.73. The molecular formula is C16H13ClF6N4O. The number of nitrogens with zero attached hydrogens (tertiary/aromatic N) is 3. The van der Waals surface area contributed by atoms with Crippen LogP contribution < -0.4 is 5.32 Å². The maximum atomic E-state index is 13.1. The van der Waals surface area contributed by atoms with Crippen LogP contribution in [0.25, 0.3) is 0 Å². The molecule has 152 valence electrons. The van der Waals surface area contributed by atoms with Crippen LogP contribution in [0.1, 0.15) is 17.0 Å². The second-order valence-corrected chi connectivity index (χ2v) is 6.61. The van der Waals surface area contributed by atoms with Gasteiger partial charge in [-0.2, -0.15) is 26.3 Å². The van der Waals surface area contributed by atoms with Gasteiger partial charge in [-0.05, 0) is 18.2 Å². The van der Waals surface area contributed by atoms with Crippen LogP contribution in [0, 0.1) is 0 Å². The van der Waals surface area contributed by atoms with E-state index in [2.05, 4.69) is 10.3 Å². The molecule has 0 unspecified atom stereocenters. The highest BCUT2D eigenvalue weighted by Crippen LogP contribution is 2.36. The first kappa shape index (κ1) is 20.5. The smallest absolute Gasteiger partial charge is 0.332 e. The molecule has 0 fully saturated rings. The second-order valence-electron chi connectivity index (χ2n) is 6.18. The summed E-state index contributed by atoms with van der Waals surface area (Å²) in [7, 11) is 0. The number of fused-ring (bicyclic) bond motifs is 1. The molecule has 1 aliphatic heterocycles. The van der Waals surface area contributed by atoms with Crippen molar-refractivity contribution in [2.24, 2.45) is 0 Å². The van der Waals surface area contributed by atoms with Gasteiger partial charge in [0.1, 0.15) is 0 Å². The Labute approximate surface area is 159 Å². The lowest BCUT2D eigenvalue weighted by molar-refractivity contribution is -0.142. The van der Waals surface area contributed by atoms with Crippen molar-refractivity contribution in [3.05, 3.63) is 46.5 Å². The van der Waals surface area contributed by atoms with Crippen molar-refractivity contribution in [2.75, 3.05) is 18.4 Å². The zero-order valence-electron chi connectivity index (χ0n) is 14.0. The normalized spacial score (nSPS) is 15.4. The quantitative estimate of drug-likeness (QED) is 0.754. The topological polar surface area (TPSA) is 50.2 Å².